The predicted octanol–water partition coefficient (Wildman–Crippen LogP) is 1.41. The molecule has 7 heteroatoms. The molecule has 2 unspecified atom stereocenters. The van der Waals surface area contributed by atoms with Crippen molar-refractivity contribution < 1.29 is 24.2 Å². The Morgan fingerprint density at radius 3 is 2.38 bits per heavy atom. The van der Waals surface area contributed by atoms with Crippen LogP contribution in [0.15, 0.2) is 12.7 Å². The molecule has 0 radical (unpaired) electrons. The van der Waals surface area contributed by atoms with Gasteiger partial charge >= 0.3 is 5.97 Å². The lowest BCUT2D eigenvalue weighted by atomic mass is 9.75. The molecule has 0 aromatic carbocycles. The van der Waals surface area contributed by atoms with Crippen molar-refractivity contribution >= 4 is 17.8 Å². The van der Waals surface area contributed by atoms with Crippen molar-refractivity contribution in [1.82, 2.24) is 10.6 Å². The first-order chi connectivity index (χ1) is 12.2. The number of amides is 2. The van der Waals surface area contributed by atoms with Gasteiger partial charge in [-0.25, -0.2) is 4.79 Å². The third kappa shape index (κ3) is 8.99. The standard InChI is InChI=1S/C19H34N2O5/c1-6-16(23)26-11-9-20-17(24)15(12-14(3)4)13-19(5,7-2)18(25)21-8-10-22/h6,14-15,22H,1,7-13H2,2-5H3,(H,20,24)(H,21,25). The lowest BCUT2D eigenvalue weighted by Gasteiger charge is -2.31. The topological polar surface area (TPSA) is 105 Å². The zero-order chi connectivity index (χ0) is 20.2. The molecule has 0 saturated heterocycles. The Bertz CT molecular complexity index is 479. The molecule has 0 bridgehead atoms. The van der Waals surface area contributed by atoms with Crippen LogP contribution >= 0.6 is 0 Å². The van der Waals surface area contributed by atoms with Gasteiger partial charge < -0.3 is 20.5 Å². The maximum Gasteiger partial charge on any atom is 0.330 e. The highest BCUT2D eigenvalue weighted by molar-refractivity contribution is 5.84. The zero-order valence-corrected chi connectivity index (χ0v) is 16.5. The molecule has 0 aromatic rings. The number of carbonyl (C=O) groups is 3. The second kappa shape index (κ2) is 12.5. The smallest absolute Gasteiger partial charge is 0.330 e. The van der Waals surface area contributed by atoms with Crippen LogP contribution in [0.4, 0.5) is 0 Å². The van der Waals surface area contributed by atoms with E-state index in [4.69, 9.17) is 9.84 Å². The van der Waals surface area contributed by atoms with Gasteiger partial charge in [-0.05, 0) is 25.2 Å². The Balaban J connectivity index is 4.88. The number of aliphatic hydroxyl groups is 1. The molecule has 0 rings (SSSR count). The van der Waals surface area contributed by atoms with Crippen LogP contribution in [0.25, 0.3) is 0 Å². The van der Waals surface area contributed by atoms with Crippen LogP contribution in [0.2, 0.25) is 0 Å². The highest BCUT2D eigenvalue weighted by Gasteiger charge is 2.36. The van der Waals surface area contributed by atoms with Crippen molar-refractivity contribution in [3.8, 4) is 0 Å². The summed E-state index contributed by atoms with van der Waals surface area (Å²) in [5, 5.41) is 14.4. The zero-order valence-electron chi connectivity index (χ0n) is 16.5. The van der Waals surface area contributed by atoms with Crippen LogP contribution in [-0.2, 0) is 19.1 Å². The van der Waals surface area contributed by atoms with Gasteiger partial charge in [-0.15, -0.1) is 0 Å². The Labute approximate surface area is 156 Å². The highest BCUT2D eigenvalue weighted by atomic mass is 16.5. The molecule has 0 spiro atoms. The van der Waals surface area contributed by atoms with Gasteiger partial charge in [-0.2, -0.15) is 0 Å². The average Bonchev–Trinajstić information content (AvgIpc) is 2.61. The van der Waals surface area contributed by atoms with Gasteiger partial charge in [0.05, 0.1) is 13.2 Å². The van der Waals surface area contributed by atoms with E-state index in [9.17, 15) is 14.4 Å². The van der Waals surface area contributed by atoms with Crippen LogP contribution < -0.4 is 10.6 Å². The van der Waals surface area contributed by atoms with Crippen LogP contribution in [-0.4, -0.2) is 49.2 Å². The summed E-state index contributed by atoms with van der Waals surface area (Å²) in [7, 11) is 0. The number of esters is 1. The molecule has 0 aliphatic rings. The summed E-state index contributed by atoms with van der Waals surface area (Å²) in [5.41, 5.74) is -0.693. The summed E-state index contributed by atoms with van der Waals surface area (Å²) in [6.07, 6.45) is 2.72. The van der Waals surface area contributed by atoms with Gasteiger partial charge in [0.25, 0.3) is 0 Å². The minimum Gasteiger partial charge on any atom is -0.461 e. The summed E-state index contributed by atoms with van der Waals surface area (Å²) < 4.78 is 4.85. The number of hydrogen-bond acceptors (Lipinski definition) is 5. The van der Waals surface area contributed by atoms with E-state index < -0.39 is 11.4 Å². The number of rotatable bonds is 13. The summed E-state index contributed by atoms with van der Waals surface area (Å²) in [6.45, 7) is 11.5. The van der Waals surface area contributed by atoms with E-state index in [0.29, 0.717) is 25.2 Å². The molecule has 0 aliphatic carbocycles. The summed E-state index contributed by atoms with van der Waals surface area (Å²) in [5.74, 6) is -0.864. The first kappa shape index (κ1) is 24.1. The number of carbonyl (C=O) groups excluding carboxylic acids is 3. The van der Waals surface area contributed by atoms with Gasteiger partial charge in [-0.3, -0.25) is 9.59 Å². The Kier molecular flexibility index (Phi) is 11.6. The molecule has 7 nitrogen and oxygen atoms in total. The molecular formula is C19H34N2O5. The fourth-order valence-corrected chi connectivity index (χ4v) is 2.71. The van der Waals surface area contributed by atoms with E-state index >= 15 is 0 Å². The maximum atomic E-state index is 12.6. The van der Waals surface area contributed by atoms with Crippen molar-refractivity contribution in [3.05, 3.63) is 12.7 Å². The third-order valence-corrected chi connectivity index (χ3v) is 4.36. The van der Waals surface area contributed by atoms with E-state index in [1.165, 1.54) is 0 Å². The molecule has 2 atom stereocenters. The SMILES string of the molecule is C=CC(=O)OCCNC(=O)C(CC(C)C)CC(C)(CC)C(=O)NCCO. The third-order valence-electron chi connectivity index (χ3n) is 4.36. The van der Waals surface area contributed by atoms with E-state index in [2.05, 4.69) is 17.2 Å². The number of hydrogen-bond donors (Lipinski definition) is 3. The van der Waals surface area contributed by atoms with Crippen molar-refractivity contribution in [3.63, 3.8) is 0 Å². The lowest BCUT2D eigenvalue weighted by molar-refractivity contribution is -0.139. The van der Waals surface area contributed by atoms with Gasteiger partial charge in [0.1, 0.15) is 6.61 Å². The molecular weight excluding hydrogens is 336 g/mol. The Morgan fingerprint density at radius 2 is 1.88 bits per heavy atom. The van der Waals surface area contributed by atoms with E-state index in [1.807, 2.05) is 27.7 Å². The monoisotopic (exact) mass is 370 g/mol. The molecule has 0 aliphatic heterocycles. The predicted molar refractivity (Wildman–Crippen MR) is 100 cm³/mol. The largest absolute Gasteiger partial charge is 0.461 e. The summed E-state index contributed by atoms with van der Waals surface area (Å²) >= 11 is 0. The second-order valence-corrected chi connectivity index (χ2v) is 7.09. The van der Waals surface area contributed by atoms with Gasteiger partial charge in [-0.1, -0.05) is 34.3 Å². The van der Waals surface area contributed by atoms with Crippen LogP contribution in [0, 0.1) is 17.3 Å². The first-order valence-corrected chi connectivity index (χ1v) is 9.16. The molecule has 26 heavy (non-hydrogen) atoms. The number of nitrogens with one attached hydrogen (secondary N) is 2. The second-order valence-electron chi connectivity index (χ2n) is 7.09. The van der Waals surface area contributed by atoms with E-state index in [1.54, 1.807) is 0 Å². The average molecular weight is 370 g/mol. The Hall–Kier alpha value is -1.89. The fraction of sp³-hybridized carbons (Fsp3) is 0.737. The van der Waals surface area contributed by atoms with Gasteiger partial charge in [0.2, 0.25) is 11.8 Å². The molecule has 3 N–H and O–H groups in total. The number of ether oxygens (including phenoxy) is 1. The normalized spacial score (nSPS) is 14.2. The maximum absolute atomic E-state index is 12.6. The molecule has 2 amide bonds. The van der Waals surface area contributed by atoms with Crippen molar-refractivity contribution in [2.24, 2.45) is 17.3 Å². The summed E-state index contributed by atoms with van der Waals surface area (Å²) in [6, 6.07) is 0. The first-order valence-electron chi connectivity index (χ1n) is 9.16. The highest BCUT2D eigenvalue weighted by Crippen LogP contribution is 2.33. The molecule has 0 fully saturated rings. The lowest BCUT2D eigenvalue weighted by Crippen LogP contribution is -2.44. The van der Waals surface area contributed by atoms with Crippen LogP contribution in [0.3, 0.4) is 0 Å². The van der Waals surface area contributed by atoms with Gasteiger partial charge in [0, 0.05) is 24.0 Å². The quantitative estimate of drug-likeness (QED) is 0.258. The summed E-state index contributed by atoms with van der Waals surface area (Å²) in [4.78, 5) is 36.0. The molecule has 150 valence electrons. The van der Waals surface area contributed by atoms with Crippen LogP contribution in [0.5, 0.6) is 0 Å². The molecule has 0 saturated carbocycles. The fourth-order valence-electron chi connectivity index (χ4n) is 2.71. The van der Waals surface area contributed by atoms with Crippen LogP contribution in [0.1, 0.15) is 47.0 Å². The number of aliphatic hydroxyl groups excluding tert-OH is 1. The molecule has 0 aromatic heterocycles. The van der Waals surface area contributed by atoms with Gasteiger partial charge in [0.15, 0.2) is 0 Å². The Morgan fingerprint density at radius 1 is 1.23 bits per heavy atom. The van der Waals surface area contributed by atoms with E-state index in [-0.39, 0.29) is 44.0 Å². The van der Waals surface area contributed by atoms with E-state index in [0.717, 1.165) is 6.08 Å². The van der Waals surface area contributed by atoms with Crippen molar-refractivity contribution in [2.45, 2.75) is 47.0 Å². The van der Waals surface area contributed by atoms with Crippen molar-refractivity contribution in [2.75, 3.05) is 26.3 Å². The van der Waals surface area contributed by atoms with Crippen molar-refractivity contribution in [1.29, 1.82) is 0 Å². The minimum atomic E-state index is -0.693. The minimum absolute atomic E-state index is 0.0764. The molecule has 0 heterocycles.